The van der Waals surface area contributed by atoms with Gasteiger partial charge >= 0.3 is 0 Å². The minimum absolute atomic E-state index is 0. The second kappa shape index (κ2) is 3.30. The monoisotopic (exact) mass is 342 g/mol. The fourth-order valence-electron chi connectivity index (χ4n) is 0. The average Bonchev–Trinajstić information content (AvgIpc) is 0.811. The molecule has 5 heavy (non-hydrogen) atoms. The van der Waals surface area contributed by atoms with E-state index in [1.165, 1.54) is 0 Å². The normalized spacial score (nSPS) is 12.4. The summed E-state index contributed by atoms with van der Waals surface area (Å²) in [6, 6.07) is 0. The first-order valence-electron chi connectivity index (χ1n) is 1.21. The van der Waals surface area contributed by atoms with E-state index in [-0.39, 0.29) is 7.55 Å². The Morgan fingerprint density at radius 2 is 1.80 bits per heavy atom. The Kier molecular flexibility index (Phi) is 5.84. The zero-order chi connectivity index (χ0) is 3.58. The third kappa shape index (κ3) is 11.4. The van der Waals surface area contributed by atoms with Crippen molar-refractivity contribution < 1.29 is 0 Å². The van der Waals surface area contributed by atoms with Crippen molar-refractivity contribution in [2.24, 2.45) is 0 Å². The zero-order valence-electron chi connectivity index (χ0n) is 3.62. The van der Waals surface area contributed by atoms with Crippen molar-refractivity contribution in [1.29, 1.82) is 0 Å². The molecule has 0 aliphatic carbocycles. The summed E-state index contributed by atoms with van der Waals surface area (Å²) in [7, 11) is -0.380. The molecule has 0 spiro atoms. The van der Waals surface area contributed by atoms with Gasteiger partial charge in [-0.15, -0.1) is 6.30 Å². The minimum atomic E-state index is -0.380. The van der Waals surface area contributed by atoms with E-state index in [2.05, 4.69) is 13.0 Å². The fraction of sp³-hybridized carbons (Fsp3) is 0.333. The summed E-state index contributed by atoms with van der Waals surface area (Å²) in [5.74, 6) is 0. The Hall–Kier alpha value is -0.700. The Morgan fingerprint density at radius 1 is 1.80 bits per heavy atom. The van der Waals surface area contributed by atoms with Gasteiger partial charge in [-0.3, -0.25) is 7.55 Å². The smallest absolute Gasteiger partial charge is 0 e. The van der Waals surface area contributed by atoms with E-state index in [0.29, 0.717) is 0 Å². The molecule has 28 valence electrons. The summed E-state index contributed by atoms with van der Waals surface area (Å²) >= 11 is 0. The molecule has 0 rings (SSSR count). The molecule has 0 N–H and O–H groups in total. The van der Waals surface area contributed by atoms with Crippen LogP contribution in [0.5, 0.6) is 0 Å². The van der Waals surface area contributed by atoms with Crippen molar-refractivity contribution >= 4 is 13.8 Å². The predicted octanol–water partition coefficient (Wildman–Crippen LogP) is 1.05. The molecular weight excluding hydrogens is 334 g/mol. The molecular formula is C3H8PRf-. The average molecular weight is 342 g/mol. The summed E-state index contributed by atoms with van der Waals surface area (Å²) in [6.45, 7) is 5.68. The molecule has 0 aliphatic heterocycles. The summed E-state index contributed by atoms with van der Waals surface area (Å²) in [5, 5.41) is 0. The maximum Gasteiger partial charge on any atom is 0 e. The maximum absolute atomic E-state index is 3.63. The van der Waals surface area contributed by atoms with Crippen molar-refractivity contribution in [2.45, 2.75) is 0 Å². The minimum Gasteiger partial charge on any atom is -0.319 e. The standard InChI is InChI=1S/C3H8P.Rf/c1-4(2)3;/h4H,1-2H2,3H3;/q-1;. The molecule has 0 amide bonds. The van der Waals surface area contributed by atoms with Crippen LogP contribution in [0.2, 0.25) is 0 Å². The van der Waals surface area contributed by atoms with Crippen LogP contribution < -0.4 is 0 Å². The number of rotatable bonds is 0. The van der Waals surface area contributed by atoms with E-state index >= 15 is 0 Å². The molecule has 0 aromatic carbocycles. The van der Waals surface area contributed by atoms with Crippen molar-refractivity contribution in [1.82, 2.24) is 0 Å². The quantitative estimate of drug-likeness (QED) is 0.456. The Bertz CT molecular complexity index is 29.9. The van der Waals surface area contributed by atoms with E-state index in [1.807, 2.05) is 6.66 Å². The second-order valence-electron chi connectivity index (χ2n) is 0.957. The van der Waals surface area contributed by atoms with E-state index < -0.39 is 0 Å². The third-order valence-electron chi connectivity index (χ3n) is 0. The maximum atomic E-state index is 3.63. The van der Waals surface area contributed by atoms with Crippen molar-refractivity contribution in [3.05, 3.63) is 6.66 Å². The summed E-state index contributed by atoms with van der Waals surface area (Å²) in [4.78, 5) is 0. The SMILES string of the molecule is C=[PH]([CH2-])C.[Rf]. The summed E-state index contributed by atoms with van der Waals surface area (Å²) in [6.07, 6.45) is 3.63. The first-order valence-corrected chi connectivity index (χ1v) is 3.62. The largest absolute Gasteiger partial charge is 0.319 e. The van der Waals surface area contributed by atoms with Gasteiger partial charge < -0.3 is 6.66 Å². The van der Waals surface area contributed by atoms with Crippen LogP contribution >= 0.6 is 7.55 Å². The molecule has 0 aromatic heterocycles. The first-order chi connectivity index (χ1) is 1.73. The zero-order valence-corrected chi connectivity index (χ0v) is 11.0. The molecule has 0 saturated heterocycles. The van der Waals surface area contributed by atoms with E-state index in [1.54, 1.807) is 0 Å². The Morgan fingerprint density at radius 3 is 1.80 bits per heavy atom. The van der Waals surface area contributed by atoms with Crippen molar-refractivity contribution in [3.8, 4) is 0 Å². The molecule has 0 heterocycles. The van der Waals surface area contributed by atoms with Crippen LogP contribution in [0.15, 0.2) is 0 Å². The summed E-state index contributed by atoms with van der Waals surface area (Å²) in [5.41, 5.74) is 0. The van der Waals surface area contributed by atoms with Crippen molar-refractivity contribution in [2.75, 3.05) is 6.66 Å². The number of hydrogen-bond acceptors (Lipinski definition) is 0. The number of hydrogen-bond donors (Lipinski definition) is 0. The van der Waals surface area contributed by atoms with Crippen LogP contribution in [0.3, 0.4) is 0 Å². The van der Waals surface area contributed by atoms with Gasteiger partial charge in [0.05, 0.1) is 0 Å². The Balaban J connectivity index is 0. The molecule has 0 radical (unpaired) electrons. The van der Waals surface area contributed by atoms with Gasteiger partial charge in [-0.05, 0) is 0 Å². The van der Waals surface area contributed by atoms with Gasteiger partial charge in [-0.2, -0.15) is 0 Å². The Labute approximate surface area is 28.2 Å². The summed E-state index contributed by atoms with van der Waals surface area (Å²) < 4.78 is 0. The molecule has 0 aromatic rings. The first kappa shape index (κ1) is 8.85. The van der Waals surface area contributed by atoms with E-state index in [4.69, 9.17) is 0 Å². The van der Waals surface area contributed by atoms with Crippen LogP contribution in [0.1, 0.15) is 0 Å². The van der Waals surface area contributed by atoms with Crippen LogP contribution in [0, 0.1) is 6.66 Å². The van der Waals surface area contributed by atoms with Gasteiger partial charge in [-0.1, -0.05) is 6.66 Å². The van der Waals surface area contributed by atoms with Crippen LogP contribution in [0.25, 0.3) is 0 Å². The van der Waals surface area contributed by atoms with Crippen LogP contribution in [0.4, 0.5) is 0 Å². The molecule has 1 atom stereocenters. The van der Waals surface area contributed by atoms with Gasteiger partial charge in [0.25, 0.3) is 0 Å². The van der Waals surface area contributed by atoms with E-state index in [0.717, 1.165) is 0 Å². The van der Waals surface area contributed by atoms with Gasteiger partial charge in [0.15, 0.2) is 0 Å². The fourth-order valence-corrected chi connectivity index (χ4v) is 0. The molecule has 0 nitrogen and oxygen atoms in total. The van der Waals surface area contributed by atoms with Gasteiger partial charge in [-0.25, -0.2) is 0 Å². The second-order valence-corrected chi connectivity index (χ2v) is 2.87. The molecule has 2 heteroatoms. The molecule has 1 unspecified atom stereocenters. The van der Waals surface area contributed by atoms with Crippen molar-refractivity contribution in [3.63, 3.8) is 0 Å². The molecule has 0 aliphatic rings. The van der Waals surface area contributed by atoms with E-state index in [9.17, 15) is 0 Å². The van der Waals surface area contributed by atoms with Gasteiger partial charge in [0, 0.05) is 0 Å². The topological polar surface area (TPSA) is 0 Å². The van der Waals surface area contributed by atoms with Crippen LogP contribution in [-0.2, 0) is 0 Å². The molecule has 0 bridgehead atoms. The molecule has 0 fully saturated rings. The third-order valence-corrected chi connectivity index (χ3v) is 0. The molecule has 0 saturated carbocycles. The van der Waals surface area contributed by atoms with Crippen LogP contribution in [-0.4, -0.2) is 13.0 Å². The van der Waals surface area contributed by atoms with Gasteiger partial charge in [0.1, 0.15) is 0 Å². The predicted molar refractivity (Wildman–Crippen MR) is 26.7 cm³/mol. The van der Waals surface area contributed by atoms with Gasteiger partial charge in [0.2, 0.25) is 0 Å².